The zero-order valence-corrected chi connectivity index (χ0v) is 13.5. The highest BCUT2D eigenvalue weighted by Gasteiger charge is 2.09. The highest BCUT2D eigenvalue weighted by atomic mass is 15.3. The Labute approximate surface area is 136 Å². The zero-order chi connectivity index (χ0) is 16.4. The topological polar surface area (TPSA) is 82.8 Å². The van der Waals surface area contributed by atoms with Gasteiger partial charge < -0.3 is 11.5 Å². The molecule has 0 aliphatic carbocycles. The molecule has 118 valence electrons. The van der Waals surface area contributed by atoms with Crippen molar-refractivity contribution in [2.75, 3.05) is 0 Å². The van der Waals surface area contributed by atoms with Gasteiger partial charge in [0.25, 0.3) is 0 Å². The summed E-state index contributed by atoms with van der Waals surface area (Å²) in [6.07, 6.45) is 1.95. The van der Waals surface area contributed by atoms with Crippen molar-refractivity contribution in [2.24, 2.45) is 11.5 Å². The second-order valence-electron chi connectivity index (χ2n) is 5.59. The predicted octanol–water partition coefficient (Wildman–Crippen LogP) is 2.47. The van der Waals surface area contributed by atoms with Gasteiger partial charge in [0.15, 0.2) is 0 Å². The van der Waals surface area contributed by atoms with E-state index in [9.17, 15) is 0 Å². The fourth-order valence-corrected chi connectivity index (χ4v) is 2.71. The molecule has 0 bridgehead atoms. The molecule has 1 aromatic carbocycles. The van der Waals surface area contributed by atoms with Crippen LogP contribution in [0.4, 0.5) is 0 Å². The first-order valence-electron chi connectivity index (χ1n) is 7.65. The van der Waals surface area contributed by atoms with Gasteiger partial charge in [0, 0.05) is 36.2 Å². The summed E-state index contributed by atoms with van der Waals surface area (Å²) in [4.78, 5) is 4.50. The van der Waals surface area contributed by atoms with Crippen molar-refractivity contribution in [3.8, 4) is 16.9 Å². The fourth-order valence-electron chi connectivity index (χ4n) is 2.71. The Morgan fingerprint density at radius 2 is 1.74 bits per heavy atom. The van der Waals surface area contributed by atoms with Crippen LogP contribution in [0, 0.1) is 13.8 Å². The van der Waals surface area contributed by atoms with Gasteiger partial charge in [-0.1, -0.05) is 6.07 Å². The summed E-state index contributed by atoms with van der Waals surface area (Å²) in [6.45, 7) is 4.95. The van der Waals surface area contributed by atoms with Crippen molar-refractivity contribution in [3.63, 3.8) is 0 Å². The van der Waals surface area contributed by atoms with E-state index in [0.717, 1.165) is 39.5 Å². The van der Waals surface area contributed by atoms with E-state index in [4.69, 9.17) is 11.5 Å². The Bertz CT molecular complexity index is 835. The number of nitrogens with zero attached hydrogens (tertiary/aromatic N) is 3. The Morgan fingerprint density at radius 3 is 2.43 bits per heavy atom. The van der Waals surface area contributed by atoms with Crippen LogP contribution < -0.4 is 11.5 Å². The number of nitrogens with two attached hydrogens (primary N) is 2. The molecule has 3 aromatic rings. The molecule has 0 fully saturated rings. The summed E-state index contributed by atoms with van der Waals surface area (Å²) in [7, 11) is 0. The van der Waals surface area contributed by atoms with Gasteiger partial charge >= 0.3 is 0 Å². The molecule has 0 aliphatic rings. The smallest absolute Gasteiger partial charge is 0.0945 e. The van der Waals surface area contributed by atoms with Crippen LogP contribution in [-0.2, 0) is 13.1 Å². The molecule has 4 N–H and O–H groups in total. The summed E-state index contributed by atoms with van der Waals surface area (Å²) >= 11 is 0. The van der Waals surface area contributed by atoms with Gasteiger partial charge in [-0.2, -0.15) is 5.10 Å². The van der Waals surface area contributed by atoms with E-state index in [0.29, 0.717) is 13.1 Å². The average molecular weight is 307 g/mol. The largest absolute Gasteiger partial charge is 0.326 e. The fraction of sp³-hybridized carbons (Fsp3) is 0.222. The van der Waals surface area contributed by atoms with Crippen LogP contribution in [0.5, 0.6) is 0 Å². The lowest BCUT2D eigenvalue weighted by molar-refractivity contribution is 0.873. The van der Waals surface area contributed by atoms with E-state index in [2.05, 4.69) is 16.1 Å². The van der Waals surface area contributed by atoms with Gasteiger partial charge in [0.05, 0.1) is 11.4 Å². The molecule has 0 aliphatic heterocycles. The normalized spacial score (nSPS) is 11.0. The molecule has 0 atom stereocenters. The van der Waals surface area contributed by atoms with E-state index < -0.39 is 0 Å². The number of rotatable bonds is 4. The molecular formula is C18H21N5. The van der Waals surface area contributed by atoms with E-state index in [1.165, 1.54) is 0 Å². The van der Waals surface area contributed by atoms with Gasteiger partial charge in [-0.3, -0.25) is 4.98 Å². The molecule has 3 rings (SSSR count). The molecule has 0 saturated heterocycles. The molecule has 0 amide bonds. The second kappa shape index (κ2) is 6.32. The van der Waals surface area contributed by atoms with Crippen molar-refractivity contribution in [3.05, 3.63) is 65.1 Å². The highest BCUT2D eigenvalue weighted by molar-refractivity contribution is 5.61. The maximum absolute atomic E-state index is 5.81. The molecule has 0 unspecified atom stereocenters. The van der Waals surface area contributed by atoms with Gasteiger partial charge in [-0.15, -0.1) is 0 Å². The minimum atomic E-state index is 0.468. The summed E-state index contributed by atoms with van der Waals surface area (Å²) in [6, 6.07) is 12.1. The maximum atomic E-state index is 5.81. The van der Waals surface area contributed by atoms with E-state index in [1.54, 1.807) is 0 Å². The summed E-state index contributed by atoms with van der Waals surface area (Å²) < 4.78 is 1.86. The molecule has 2 aromatic heterocycles. The predicted molar refractivity (Wildman–Crippen MR) is 92.1 cm³/mol. The molecule has 2 heterocycles. The van der Waals surface area contributed by atoms with Crippen LogP contribution in [0.1, 0.15) is 22.5 Å². The monoisotopic (exact) mass is 307 g/mol. The first kappa shape index (κ1) is 15.4. The number of aromatic nitrogens is 3. The average Bonchev–Trinajstić information content (AvgIpc) is 3.03. The van der Waals surface area contributed by atoms with Crippen molar-refractivity contribution >= 4 is 0 Å². The van der Waals surface area contributed by atoms with Gasteiger partial charge in [0.2, 0.25) is 0 Å². The van der Waals surface area contributed by atoms with Crippen molar-refractivity contribution < 1.29 is 0 Å². The highest BCUT2D eigenvalue weighted by Crippen LogP contribution is 2.22. The minimum Gasteiger partial charge on any atom is -0.326 e. The van der Waals surface area contributed by atoms with Crippen molar-refractivity contribution in [1.82, 2.24) is 14.8 Å². The lowest BCUT2D eigenvalue weighted by Gasteiger charge is -2.09. The second-order valence-corrected chi connectivity index (χ2v) is 5.59. The number of hydrogen-bond acceptors (Lipinski definition) is 4. The number of aryl methyl sites for hydroxylation is 2. The van der Waals surface area contributed by atoms with Gasteiger partial charge in [-0.25, -0.2) is 4.68 Å². The SMILES string of the molecule is Cc1ccc(-c2ccn(-c3ccc(CN)c(CN)c3)n2)c(C)n1. The van der Waals surface area contributed by atoms with Crippen molar-refractivity contribution in [2.45, 2.75) is 26.9 Å². The molecule has 0 saturated carbocycles. The van der Waals surface area contributed by atoms with Crippen LogP contribution in [0.15, 0.2) is 42.6 Å². The van der Waals surface area contributed by atoms with Gasteiger partial charge in [-0.05, 0) is 55.3 Å². The quantitative estimate of drug-likeness (QED) is 0.775. The van der Waals surface area contributed by atoms with Crippen molar-refractivity contribution in [1.29, 1.82) is 0 Å². The molecule has 5 heteroatoms. The Balaban J connectivity index is 1.99. The van der Waals surface area contributed by atoms with E-state index in [-0.39, 0.29) is 0 Å². The zero-order valence-electron chi connectivity index (χ0n) is 13.5. The Kier molecular flexibility index (Phi) is 4.23. The van der Waals surface area contributed by atoms with E-state index in [1.807, 2.05) is 55.1 Å². The van der Waals surface area contributed by atoms with Crippen LogP contribution in [0.2, 0.25) is 0 Å². The molecule has 0 spiro atoms. The first-order valence-corrected chi connectivity index (χ1v) is 7.65. The lowest BCUT2D eigenvalue weighted by Crippen LogP contribution is -2.07. The third-order valence-electron chi connectivity index (χ3n) is 3.98. The third-order valence-corrected chi connectivity index (χ3v) is 3.98. The molecule has 5 nitrogen and oxygen atoms in total. The van der Waals surface area contributed by atoms with Crippen LogP contribution in [0.3, 0.4) is 0 Å². The molecule has 23 heavy (non-hydrogen) atoms. The molecule has 0 radical (unpaired) electrons. The minimum absolute atomic E-state index is 0.468. The van der Waals surface area contributed by atoms with Gasteiger partial charge in [0.1, 0.15) is 0 Å². The number of hydrogen-bond donors (Lipinski definition) is 2. The Hall–Kier alpha value is -2.50. The van der Waals surface area contributed by atoms with E-state index >= 15 is 0 Å². The summed E-state index contributed by atoms with van der Waals surface area (Å²) in [5.74, 6) is 0. The summed E-state index contributed by atoms with van der Waals surface area (Å²) in [5.41, 5.74) is 18.6. The van der Waals surface area contributed by atoms with Crippen LogP contribution in [-0.4, -0.2) is 14.8 Å². The van der Waals surface area contributed by atoms with Crippen LogP contribution >= 0.6 is 0 Å². The number of pyridine rings is 1. The van der Waals surface area contributed by atoms with Crippen LogP contribution in [0.25, 0.3) is 16.9 Å². The standard InChI is InChI=1S/C18H21N5/c1-12-3-6-17(13(2)21-12)18-7-8-23(22-18)16-5-4-14(10-19)15(9-16)11-20/h3-9H,10-11,19-20H2,1-2H3. The third kappa shape index (κ3) is 3.02. The maximum Gasteiger partial charge on any atom is 0.0945 e. The summed E-state index contributed by atoms with van der Waals surface area (Å²) in [5, 5.41) is 4.68. The molecular weight excluding hydrogens is 286 g/mol. The lowest BCUT2D eigenvalue weighted by atomic mass is 10.1. The first-order chi connectivity index (χ1) is 11.1. The Morgan fingerprint density at radius 1 is 0.957 bits per heavy atom. The number of benzene rings is 1.